The lowest BCUT2D eigenvalue weighted by Gasteiger charge is -2.08. The van der Waals surface area contributed by atoms with Crippen LogP contribution in [0.5, 0.6) is 0 Å². The van der Waals surface area contributed by atoms with Gasteiger partial charge in [0, 0.05) is 18.2 Å². The Hall–Kier alpha value is -2.41. The van der Waals surface area contributed by atoms with E-state index >= 15 is 0 Å². The van der Waals surface area contributed by atoms with Gasteiger partial charge in [-0.05, 0) is 6.07 Å². The minimum absolute atomic E-state index is 0.0847. The first-order valence-corrected chi connectivity index (χ1v) is 5.27. The van der Waals surface area contributed by atoms with Crippen molar-refractivity contribution in [2.45, 2.75) is 6.54 Å². The van der Waals surface area contributed by atoms with E-state index in [0.717, 1.165) is 0 Å². The van der Waals surface area contributed by atoms with E-state index in [1.807, 2.05) is 0 Å². The van der Waals surface area contributed by atoms with Crippen LogP contribution in [0.25, 0.3) is 0 Å². The molecule has 0 aliphatic rings. The molecule has 0 radical (unpaired) electrons. The fourth-order valence-electron chi connectivity index (χ4n) is 1.46. The Morgan fingerprint density at radius 3 is 2.61 bits per heavy atom. The molecule has 0 amide bonds. The van der Waals surface area contributed by atoms with Crippen molar-refractivity contribution in [2.75, 3.05) is 16.5 Å². The van der Waals surface area contributed by atoms with E-state index in [1.54, 1.807) is 24.3 Å². The van der Waals surface area contributed by atoms with Gasteiger partial charge in [0.05, 0.1) is 0 Å². The third kappa shape index (κ3) is 2.83. The van der Waals surface area contributed by atoms with E-state index in [1.165, 1.54) is 6.07 Å². The van der Waals surface area contributed by atoms with Crippen LogP contribution in [0.4, 0.5) is 22.0 Å². The molecule has 2 aromatic rings. The summed E-state index contributed by atoms with van der Waals surface area (Å²) >= 11 is 0. The Balaban J connectivity index is 2.11. The number of anilines is 3. The number of nitrogens with zero attached hydrogens (tertiary/aromatic N) is 2. The van der Waals surface area contributed by atoms with Crippen molar-refractivity contribution in [3.8, 4) is 0 Å². The van der Waals surface area contributed by atoms with Crippen molar-refractivity contribution in [3.63, 3.8) is 0 Å². The second kappa shape index (κ2) is 5.28. The molecule has 0 aliphatic carbocycles. The highest BCUT2D eigenvalue weighted by Crippen LogP contribution is 2.13. The van der Waals surface area contributed by atoms with Crippen molar-refractivity contribution in [1.29, 1.82) is 0 Å². The molecule has 0 fully saturated rings. The van der Waals surface area contributed by atoms with Gasteiger partial charge >= 0.3 is 0 Å². The third-order valence-corrected chi connectivity index (χ3v) is 2.31. The topological polar surface area (TPSA) is 102 Å². The fourth-order valence-corrected chi connectivity index (χ4v) is 1.46. The van der Waals surface area contributed by atoms with Crippen LogP contribution in [0.3, 0.4) is 0 Å². The monoisotopic (exact) mass is 248 g/mol. The molecule has 0 saturated carbocycles. The SMILES string of the molecule is NNc1cc(NCc2ccccc2F)nc(N)n1. The van der Waals surface area contributed by atoms with Gasteiger partial charge in [-0.1, -0.05) is 18.2 Å². The van der Waals surface area contributed by atoms with Crippen LogP contribution < -0.4 is 22.3 Å². The maximum atomic E-state index is 13.4. The molecule has 6 N–H and O–H groups in total. The molecule has 18 heavy (non-hydrogen) atoms. The molecule has 1 aromatic carbocycles. The lowest BCUT2D eigenvalue weighted by Crippen LogP contribution is -2.12. The highest BCUT2D eigenvalue weighted by atomic mass is 19.1. The van der Waals surface area contributed by atoms with Crippen molar-refractivity contribution in [1.82, 2.24) is 9.97 Å². The van der Waals surface area contributed by atoms with Crippen LogP contribution in [-0.4, -0.2) is 9.97 Å². The fraction of sp³-hybridized carbons (Fsp3) is 0.0909. The van der Waals surface area contributed by atoms with E-state index in [-0.39, 0.29) is 11.8 Å². The average molecular weight is 248 g/mol. The third-order valence-electron chi connectivity index (χ3n) is 2.31. The molecule has 1 heterocycles. The van der Waals surface area contributed by atoms with Crippen LogP contribution in [0.15, 0.2) is 30.3 Å². The Kier molecular flexibility index (Phi) is 3.54. The van der Waals surface area contributed by atoms with Gasteiger partial charge in [0.2, 0.25) is 5.95 Å². The van der Waals surface area contributed by atoms with Crippen molar-refractivity contribution in [2.24, 2.45) is 5.84 Å². The highest BCUT2D eigenvalue weighted by molar-refractivity contribution is 5.50. The van der Waals surface area contributed by atoms with Gasteiger partial charge in [0.25, 0.3) is 0 Å². The van der Waals surface area contributed by atoms with Gasteiger partial charge in [0.1, 0.15) is 17.5 Å². The minimum atomic E-state index is -0.274. The number of nitrogens with one attached hydrogen (secondary N) is 2. The smallest absolute Gasteiger partial charge is 0.223 e. The first-order chi connectivity index (χ1) is 8.69. The molecular formula is C11H13FN6. The molecule has 0 spiro atoms. The van der Waals surface area contributed by atoms with Gasteiger partial charge in [0.15, 0.2) is 0 Å². The second-order valence-corrected chi connectivity index (χ2v) is 3.59. The van der Waals surface area contributed by atoms with Crippen LogP contribution in [0.2, 0.25) is 0 Å². The summed E-state index contributed by atoms with van der Waals surface area (Å²) in [6.45, 7) is 0.299. The molecule has 0 aliphatic heterocycles. The summed E-state index contributed by atoms with van der Waals surface area (Å²) in [5, 5.41) is 2.95. The summed E-state index contributed by atoms with van der Waals surface area (Å²) in [7, 11) is 0. The van der Waals surface area contributed by atoms with Gasteiger partial charge in [-0.25, -0.2) is 10.2 Å². The average Bonchev–Trinajstić information content (AvgIpc) is 2.37. The summed E-state index contributed by atoms with van der Waals surface area (Å²) in [4.78, 5) is 7.81. The van der Waals surface area contributed by atoms with Crippen LogP contribution >= 0.6 is 0 Å². The predicted octanol–water partition coefficient (Wildman–Crippen LogP) is 1.10. The minimum Gasteiger partial charge on any atom is -0.368 e. The Labute approximate surface area is 103 Å². The molecular weight excluding hydrogens is 235 g/mol. The molecule has 0 atom stereocenters. The summed E-state index contributed by atoms with van der Waals surface area (Å²) in [6.07, 6.45) is 0. The maximum Gasteiger partial charge on any atom is 0.223 e. The second-order valence-electron chi connectivity index (χ2n) is 3.59. The molecule has 0 saturated heterocycles. The highest BCUT2D eigenvalue weighted by Gasteiger charge is 2.03. The number of hydrazine groups is 1. The van der Waals surface area contributed by atoms with Gasteiger partial charge in [-0.2, -0.15) is 9.97 Å². The summed E-state index contributed by atoms with van der Waals surface area (Å²) in [5.41, 5.74) is 8.41. The van der Waals surface area contributed by atoms with E-state index in [0.29, 0.717) is 23.7 Å². The normalized spacial score (nSPS) is 10.1. The van der Waals surface area contributed by atoms with E-state index in [2.05, 4.69) is 20.7 Å². The largest absolute Gasteiger partial charge is 0.368 e. The molecule has 6 nitrogen and oxygen atoms in total. The van der Waals surface area contributed by atoms with E-state index < -0.39 is 0 Å². The Morgan fingerprint density at radius 1 is 1.17 bits per heavy atom. The van der Waals surface area contributed by atoms with E-state index in [4.69, 9.17) is 11.6 Å². The zero-order chi connectivity index (χ0) is 13.0. The standard InChI is InChI=1S/C11H13FN6/c12-8-4-2-1-3-7(8)6-15-9-5-10(18-14)17-11(13)16-9/h1-5H,6,14H2,(H4,13,15,16,17,18). The first kappa shape index (κ1) is 12.1. The summed E-state index contributed by atoms with van der Waals surface area (Å²) < 4.78 is 13.4. The number of hydrogen-bond donors (Lipinski definition) is 4. The molecule has 0 unspecified atom stereocenters. The lowest BCUT2D eigenvalue weighted by molar-refractivity contribution is 0.613. The molecule has 7 heteroatoms. The number of nitrogen functional groups attached to an aromatic ring is 2. The first-order valence-electron chi connectivity index (χ1n) is 5.27. The summed E-state index contributed by atoms with van der Waals surface area (Å²) in [6, 6.07) is 8.07. The number of halogens is 1. The van der Waals surface area contributed by atoms with Gasteiger partial charge in [-0.15, -0.1) is 0 Å². The molecule has 94 valence electrons. The number of nitrogens with two attached hydrogens (primary N) is 2. The van der Waals surface area contributed by atoms with Crippen LogP contribution in [0.1, 0.15) is 5.56 Å². The molecule has 2 rings (SSSR count). The zero-order valence-electron chi connectivity index (χ0n) is 9.52. The van der Waals surface area contributed by atoms with Crippen molar-refractivity contribution >= 4 is 17.6 Å². The maximum absolute atomic E-state index is 13.4. The molecule has 1 aromatic heterocycles. The quantitative estimate of drug-likeness (QED) is 0.477. The van der Waals surface area contributed by atoms with Gasteiger partial charge < -0.3 is 16.5 Å². The van der Waals surface area contributed by atoms with Crippen molar-refractivity contribution in [3.05, 3.63) is 41.7 Å². The number of rotatable bonds is 4. The lowest BCUT2D eigenvalue weighted by atomic mass is 10.2. The van der Waals surface area contributed by atoms with Crippen molar-refractivity contribution < 1.29 is 4.39 Å². The van der Waals surface area contributed by atoms with Crippen LogP contribution in [0, 0.1) is 5.82 Å². The number of aromatic nitrogens is 2. The Morgan fingerprint density at radius 2 is 1.89 bits per heavy atom. The number of benzene rings is 1. The zero-order valence-corrected chi connectivity index (χ0v) is 9.52. The Bertz CT molecular complexity index is 545. The predicted molar refractivity (Wildman–Crippen MR) is 68.0 cm³/mol. The summed E-state index contributed by atoms with van der Waals surface area (Å²) in [5.74, 6) is 5.90. The molecule has 0 bridgehead atoms. The van der Waals surface area contributed by atoms with Crippen LogP contribution in [-0.2, 0) is 6.54 Å². The van der Waals surface area contributed by atoms with Gasteiger partial charge in [-0.3, -0.25) is 0 Å². The number of hydrogen-bond acceptors (Lipinski definition) is 6. The van der Waals surface area contributed by atoms with E-state index in [9.17, 15) is 4.39 Å².